The van der Waals surface area contributed by atoms with E-state index in [1.807, 2.05) is 36.4 Å². The fourth-order valence-corrected chi connectivity index (χ4v) is 1.90. The molecule has 0 fully saturated rings. The summed E-state index contributed by atoms with van der Waals surface area (Å²) in [6.07, 6.45) is 0.788. The van der Waals surface area contributed by atoms with Gasteiger partial charge in [0.15, 0.2) is 0 Å². The minimum Gasteiger partial charge on any atom is -0.497 e. The quantitative estimate of drug-likeness (QED) is 0.805. The van der Waals surface area contributed by atoms with E-state index >= 15 is 0 Å². The molecule has 0 aliphatic rings. The lowest BCUT2D eigenvalue weighted by Crippen LogP contribution is -2.25. The SMILES string of the molecule is COc1ccc2cc(C(=O)NCCCN)ccc2c1. The highest BCUT2D eigenvalue weighted by molar-refractivity contribution is 5.98. The van der Waals surface area contributed by atoms with Crippen molar-refractivity contribution in [2.24, 2.45) is 5.73 Å². The molecule has 0 saturated heterocycles. The van der Waals surface area contributed by atoms with Gasteiger partial charge in [0, 0.05) is 12.1 Å². The Morgan fingerprint density at radius 1 is 1.21 bits per heavy atom. The molecule has 1 amide bonds. The molecule has 2 aromatic rings. The second-order valence-electron chi connectivity index (χ2n) is 4.33. The summed E-state index contributed by atoms with van der Waals surface area (Å²) in [6, 6.07) is 11.4. The maximum Gasteiger partial charge on any atom is 0.251 e. The number of fused-ring (bicyclic) bond motifs is 1. The highest BCUT2D eigenvalue weighted by Gasteiger charge is 2.06. The van der Waals surface area contributed by atoms with Crippen molar-refractivity contribution < 1.29 is 9.53 Å². The molecule has 0 bridgehead atoms. The third kappa shape index (κ3) is 3.23. The molecule has 0 saturated carbocycles. The van der Waals surface area contributed by atoms with E-state index in [1.165, 1.54) is 0 Å². The van der Waals surface area contributed by atoms with E-state index in [9.17, 15) is 4.79 Å². The topological polar surface area (TPSA) is 64.3 Å². The highest BCUT2D eigenvalue weighted by atomic mass is 16.5. The van der Waals surface area contributed by atoms with Crippen molar-refractivity contribution in [2.75, 3.05) is 20.2 Å². The predicted octanol–water partition coefficient (Wildman–Crippen LogP) is 1.93. The van der Waals surface area contributed by atoms with Gasteiger partial charge in [-0.15, -0.1) is 0 Å². The molecule has 0 spiro atoms. The fraction of sp³-hybridized carbons (Fsp3) is 0.267. The summed E-state index contributed by atoms with van der Waals surface area (Å²) in [5, 5.41) is 4.92. The van der Waals surface area contributed by atoms with Gasteiger partial charge in [0.05, 0.1) is 7.11 Å². The molecule has 0 aliphatic carbocycles. The van der Waals surface area contributed by atoms with Crippen LogP contribution in [0.2, 0.25) is 0 Å². The number of amides is 1. The number of nitrogens with two attached hydrogens (primary N) is 1. The van der Waals surface area contributed by atoms with Crippen LogP contribution in [0.3, 0.4) is 0 Å². The summed E-state index contributed by atoms with van der Waals surface area (Å²) in [5.74, 6) is 0.749. The molecular weight excluding hydrogens is 240 g/mol. The van der Waals surface area contributed by atoms with Gasteiger partial charge in [-0.1, -0.05) is 12.1 Å². The number of benzene rings is 2. The van der Waals surface area contributed by atoms with E-state index in [1.54, 1.807) is 7.11 Å². The van der Waals surface area contributed by atoms with Gasteiger partial charge in [-0.3, -0.25) is 4.79 Å². The Labute approximate surface area is 112 Å². The molecule has 0 unspecified atom stereocenters. The average molecular weight is 258 g/mol. The van der Waals surface area contributed by atoms with E-state index in [4.69, 9.17) is 10.5 Å². The number of methoxy groups -OCH3 is 1. The summed E-state index contributed by atoms with van der Waals surface area (Å²) in [7, 11) is 1.64. The Bertz CT molecular complexity index is 581. The molecule has 100 valence electrons. The predicted molar refractivity (Wildman–Crippen MR) is 76.5 cm³/mol. The third-order valence-electron chi connectivity index (χ3n) is 2.98. The van der Waals surface area contributed by atoms with E-state index in [0.29, 0.717) is 18.7 Å². The van der Waals surface area contributed by atoms with E-state index in [0.717, 1.165) is 22.9 Å². The summed E-state index contributed by atoms with van der Waals surface area (Å²) in [4.78, 5) is 11.9. The van der Waals surface area contributed by atoms with Crippen LogP contribution in [0.5, 0.6) is 5.75 Å². The zero-order valence-corrected chi connectivity index (χ0v) is 11.0. The van der Waals surface area contributed by atoms with Crippen molar-refractivity contribution in [3.63, 3.8) is 0 Å². The van der Waals surface area contributed by atoms with Crippen LogP contribution in [0.1, 0.15) is 16.8 Å². The van der Waals surface area contributed by atoms with Gasteiger partial charge in [-0.05, 0) is 48.0 Å². The second kappa shape index (κ2) is 6.20. The molecule has 19 heavy (non-hydrogen) atoms. The average Bonchev–Trinajstić information content (AvgIpc) is 2.46. The molecule has 4 nitrogen and oxygen atoms in total. The van der Waals surface area contributed by atoms with Crippen LogP contribution in [-0.4, -0.2) is 26.1 Å². The molecule has 2 aromatic carbocycles. The number of nitrogens with one attached hydrogen (secondary N) is 1. The third-order valence-corrected chi connectivity index (χ3v) is 2.98. The van der Waals surface area contributed by atoms with E-state index in [2.05, 4.69) is 5.32 Å². The van der Waals surface area contributed by atoms with Crippen molar-refractivity contribution >= 4 is 16.7 Å². The maximum atomic E-state index is 11.9. The molecule has 0 atom stereocenters. The van der Waals surface area contributed by atoms with Crippen molar-refractivity contribution in [3.05, 3.63) is 42.0 Å². The molecule has 3 N–H and O–H groups in total. The van der Waals surface area contributed by atoms with Crippen LogP contribution in [0.4, 0.5) is 0 Å². The lowest BCUT2D eigenvalue weighted by Gasteiger charge is -2.06. The Morgan fingerprint density at radius 3 is 2.68 bits per heavy atom. The number of carbonyl (C=O) groups is 1. The number of ether oxygens (including phenoxy) is 1. The highest BCUT2D eigenvalue weighted by Crippen LogP contribution is 2.21. The molecular formula is C15H18N2O2. The number of rotatable bonds is 5. The Balaban J connectivity index is 2.19. The zero-order valence-electron chi connectivity index (χ0n) is 11.0. The molecule has 4 heteroatoms. The monoisotopic (exact) mass is 258 g/mol. The zero-order chi connectivity index (χ0) is 13.7. The lowest BCUT2D eigenvalue weighted by molar-refractivity contribution is 0.0953. The number of hydrogen-bond acceptors (Lipinski definition) is 3. The summed E-state index contributed by atoms with van der Waals surface area (Å²) in [6.45, 7) is 1.19. The Morgan fingerprint density at radius 2 is 1.95 bits per heavy atom. The van der Waals surface area contributed by atoms with Crippen molar-refractivity contribution in [1.29, 1.82) is 0 Å². The van der Waals surface area contributed by atoms with Gasteiger partial charge in [0.1, 0.15) is 5.75 Å². The lowest BCUT2D eigenvalue weighted by atomic mass is 10.1. The molecule has 0 heterocycles. The van der Waals surface area contributed by atoms with Gasteiger partial charge in [0.2, 0.25) is 0 Å². The first kappa shape index (κ1) is 13.4. The summed E-state index contributed by atoms with van der Waals surface area (Å²) >= 11 is 0. The first-order valence-electron chi connectivity index (χ1n) is 6.30. The summed E-state index contributed by atoms with van der Waals surface area (Å²) < 4.78 is 5.17. The van der Waals surface area contributed by atoms with Crippen LogP contribution in [0, 0.1) is 0 Å². The molecule has 0 aliphatic heterocycles. The van der Waals surface area contributed by atoms with Gasteiger partial charge in [-0.2, -0.15) is 0 Å². The molecule has 0 radical (unpaired) electrons. The first-order valence-corrected chi connectivity index (χ1v) is 6.30. The van der Waals surface area contributed by atoms with Crippen LogP contribution in [0.15, 0.2) is 36.4 Å². The minimum absolute atomic E-state index is 0.0637. The fourth-order valence-electron chi connectivity index (χ4n) is 1.90. The van der Waals surface area contributed by atoms with E-state index < -0.39 is 0 Å². The molecule has 0 aromatic heterocycles. The molecule has 2 rings (SSSR count). The standard InChI is InChI=1S/C15H18N2O2/c1-19-14-6-5-11-9-13(4-3-12(11)10-14)15(18)17-8-2-7-16/h3-6,9-10H,2,7-8,16H2,1H3,(H,17,18). The van der Waals surface area contributed by atoms with Gasteiger partial charge in [-0.25, -0.2) is 0 Å². The van der Waals surface area contributed by atoms with Gasteiger partial charge in [0.25, 0.3) is 5.91 Å². The smallest absolute Gasteiger partial charge is 0.251 e. The Hall–Kier alpha value is -2.07. The second-order valence-corrected chi connectivity index (χ2v) is 4.33. The van der Waals surface area contributed by atoms with Gasteiger partial charge >= 0.3 is 0 Å². The van der Waals surface area contributed by atoms with Crippen molar-refractivity contribution in [2.45, 2.75) is 6.42 Å². The van der Waals surface area contributed by atoms with Crippen LogP contribution < -0.4 is 15.8 Å². The van der Waals surface area contributed by atoms with Crippen LogP contribution in [0.25, 0.3) is 10.8 Å². The van der Waals surface area contributed by atoms with Gasteiger partial charge < -0.3 is 15.8 Å². The maximum absolute atomic E-state index is 11.9. The van der Waals surface area contributed by atoms with E-state index in [-0.39, 0.29) is 5.91 Å². The van der Waals surface area contributed by atoms with Crippen molar-refractivity contribution in [1.82, 2.24) is 5.32 Å². The summed E-state index contributed by atoms with van der Waals surface area (Å²) in [5.41, 5.74) is 6.05. The first-order chi connectivity index (χ1) is 9.24. The number of hydrogen-bond donors (Lipinski definition) is 2. The van der Waals surface area contributed by atoms with Crippen molar-refractivity contribution in [3.8, 4) is 5.75 Å². The normalized spacial score (nSPS) is 10.4. The van der Waals surface area contributed by atoms with Crippen LogP contribution in [-0.2, 0) is 0 Å². The number of carbonyl (C=O) groups excluding carboxylic acids is 1. The minimum atomic E-state index is -0.0637. The largest absolute Gasteiger partial charge is 0.497 e. The Kier molecular flexibility index (Phi) is 4.36. The van der Waals surface area contributed by atoms with Crippen LogP contribution >= 0.6 is 0 Å².